The Labute approximate surface area is 267 Å². The number of amides is 3. The van der Waals surface area contributed by atoms with Gasteiger partial charge in [-0.1, -0.05) is 35.9 Å². The fourth-order valence-corrected chi connectivity index (χ4v) is 5.83. The van der Waals surface area contributed by atoms with Crippen LogP contribution in [0.25, 0.3) is 21.8 Å². The van der Waals surface area contributed by atoms with Crippen molar-refractivity contribution in [2.75, 3.05) is 39.3 Å². The van der Waals surface area contributed by atoms with Gasteiger partial charge >= 0.3 is 12.2 Å². The largest absolute Gasteiger partial charge is 0.448 e. The van der Waals surface area contributed by atoms with Gasteiger partial charge in [0.15, 0.2) is 0 Å². The van der Waals surface area contributed by atoms with E-state index in [1.54, 1.807) is 9.80 Å². The topological polar surface area (TPSA) is 84.3 Å². The number of para-hydroxylation sites is 1. The summed E-state index contributed by atoms with van der Waals surface area (Å²) in [5.41, 5.74) is 2.74. The van der Waals surface area contributed by atoms with Gasteiger partial charge in [0, 0.05) is 61.1 Å². The highest BCUT2D eigenvalue weighted by Crippen LogP contribution is 2.30. The van der Waals surface area contributed by atoms with E-state index in [9.17, 15) is 18.8 Å². The lowest BCUT2D eigenvalue weighted by Gasteiger charge is -2.34. The van der Waals surface area contributed by atoms with Crippen molar-refractivity contribution in [1.82, 2.24) is 19.3 Å². The molecule has 9 nitrogen and oxygen atoms in total. The zero-order valence-corrected chi connectivity index (χ0v) is 26.8. The van der Waals surface area contributed by atoms with Crippen LogP contribution in [0.1, 0.15) is 43.6 Å². The summed E-state index contributed by atoms with van der Waals surface area (Å²) < 4.78 is 26.9. The fourth-order valence-electron chi connectivity index (χ4n) is 5.58. The summed E-state index contributed by atoms with van der Waals surface area (Å²) in [5.74, 6) is -0.839. The van der Waals surface area contributed by atoms with Crippen LogP contribution in [-0.4, -0.2) is 82.3 Å². The van der Waals surface area contributed by atoms with Crippen LogP contribution in [0, 0.1) is 5.82 Å². The number of hydrogen-bond donors (Lipinski definition) is 0. The highest BCUT2D eigenvalue weighted by atomic mass is 35.5. The molecule has 0 radical (unpaired) electrons. The molecule has 1 fully saturated rings. The Morgan fingerprint density at radius 1 is 0.911 bits per heavy atom. The van der Waals surface area contributed by atoms with E-state index in [0.717, 1.165) is 40.0 Å². The maximum Gasteiger partial charge on any atom is 0.410 e. The molecule has 0 N–H and O–H groups in total. The number of ether oxygens (including phenoxy) is 2. The minimum Gasteiger partial charge on any atom is -0.448 e. The summed E-state index contributed by atoms with van der Waals surface area (Å²) >= 11 is 6.06. The number of aromatic nitrogens is 1. The van der Waals surface area contributed by atoms with E-state index >= 15 is 0 Å². The lowest BCUT2D eigenvalue weighted by atomic mass is 10.1. The predicted molar refractivity (Wildman–Crippen MR) is 172 cm³/mol. The zero-order chi connectivity index (χ0) is 32.3. The van der Waals surface area contributed by atoms with Crippen molar-refractivity contribution in [1.29, 1.82) is 0 Å². The molecule has 1 aliphatic heterocycles. The number of nitrogens with zero attached hydrogens (tertiary/aromatic N) is 4. The summed E-state index contributed by atoms with van der Waals surface area (Å²) in [4.78, 5) is 43.6. The molecule has 0 unspecified atom stereocenters. The maximum atomic E-state index is 13.4. The quantitative estimate of drug-likeness (QED) is 0.219. The molecule has 11 heteroatoms. The standard InChI is InChI=1S/C34H38ClFN4O5/c1-5-40-29-9-7-6-8-25(29)27-20-23(10-13-30(27)40)22-39(33(43)45-34(2,3)4)18-19-44-32(42)38-16-14-37(15-17-38)31(41)26-12-11-24(36)21-28(26)35/h6-13,20-21H,5,14-19,22H2,1-4H3. The molecule has 3 aromatic carbocycles. The molecule has 0 saturated carbocycles. The number of hydrogen-bond acceptors (Lipinski definition) is 5. The molecule has 1 aliphatic rings. The van der Waals surface area contributed by atoms with Crippen molar-refractivity contribution in [3.8, 4) is 0 Å². The molecule has 5 rings (SSSR count). The Morgan fingerprint density at radius 3 is 2.29 bits per heavy atom. The van der Waals surface area contributed by atoms with Gasteiger partial charge in [-0.05, 0) is 69.7 Å². The lowest BCUT2D eigenvalue weighted by molar-refractivity contribution is 0.0167. The first-order valence-electron chi connectivity index (χ1n) is 15.1. The van der Waals surface area contributed by atoms with E-state index in [1.807, 2.05) is 39.0 Å². The summed E-state index contributed by atoms with van der Waals surface area (Å²) in [6, 6.07) is 18.1. The minimum absolute atomic E-state index is 0.0280. The van der Waals surface area contributed by atoms with Crippen LogP contribution < -0.4 is 0 Å². The molecule has 45 heavy (non-hydrogen) atoms. The lowest BCUT2D eigenvalue weighted by Crippen LogP contribution is -2.51. The molecule has 0 spiro atoms. The summed E-state index contributed by atoms with van der Waals surface area (Å²) in [5, 5.41) is 2.31. The number of halogens is 2. The molecule has 1 aromatic heterocycles. The smallest absolute Gasteiger partial charge is 0.410 e. The van der Waals surface area contributed by atoms with Crippen LogP contribution in [0.3, 0.4) is 0 Å². The molecule has 4 aromatic rings. The second-order valence-electron chi connectivity index (χ2n) is 12.0. The number of aryl methyl sites for hydroxylation is 1. The Kier molecular flexibility index (Phi) is 9.53. The van der Waals surface area contributed by atoms with Gasteiger partial charge in [-0.15, -0.1) is 0 Å². The van der Waals surface area contributed by atoms with Crippen LogP contribution in [0.4, 0.5) is 14.0 Å². The van der Waals surface area contributed by atoms with Gasteiger partial charge in [0.2, 0.25) is 0 Å². The van der Waals surface area contributed by atoms with Gasteiger partial charge in [-0.2, -0.15) is 0 Å². The number of piperazine rings is 1. The average Bonchev–Trinajstić information content (AvgIpc) is 3.32. The van der Waals surface area contributed by atoms with Crippen molar-refractivity contribution in [2.45, 2.75) is 46.4 Å². The SMILES string of the molecule is CCn1c2ccccc2c2cc(CN(CCOC(=O)N3CCN(C(=O)c4ccc(F)cc4Cl)CC3)C(=O)OC(C)(C)C)ccc21. The Balaban J connectivity index is 1.21. The summed E-state index contributed by atoms with van der Waals surface area (Å²) in [6.45, 7) is 9.87. The van der Waals surface area contributed by atoms with Crippen molar-refractivity contribution < 1.29 is 28.2 Å². The van der Waals surface area contributed by atoms with Crippen molar-refractivity contribution in [3.05, 3.63) is 82.6 Å². The average molecular weight is 637 g/mol. The number of benzene rings is 3. The summed E-state index contributed by atoms with van der Waals surface area (Å²) in [6.07, 6.45) is -1.03. The summed E-state index contributed by atoms with van der Waals surface area (Å²) in [7, 11) is 0. The highest BCUT2D eigenvalue weighted by Gasteiger charge is 2.28. The Morgan fingerprint density at radius 2 is 1.60 bits per heavy atom. The van der Waals surface area contributed by atoms with Crippen LogP contribution in [-0.2, 0) is 22.6 Å². The first-order valence-corrected chi connectivity index (χ1v) is 15.5. The Hall–Kier alpha value is -4.31. The number of fused-ring (bicyclic) bond motifs is 3. The fraction of sp³-hybridized carbons (Fsp3) is 0.382. The second kappa shape index (κ2) is 13.4. The monoisotopic (exact) mass is 636 g/mol. The van der Waals surface area contributed by atoms with Gasteiger partial charge in [0.25, 0.3) is 5.91 Å². The van der Waals surface area contributed by atoms with E-state index in [0.29, 0.717) is 0 Å². The second-order valence-corrected chi connectivity index (χ2v) is 12.4. The molecule has 0 atom stereocenters. The molecule has 238 valence electrons. The third-order valence-electron chi connectivity index (χ3n) is 7.75. The first-order chi connectivity index (χ1) is 21.4. The molecular weight excluding hydrogens is 599 g/mol. The van der Waals surface area contributed by atoms with Gasteiger partial charge in [0.05, 0.1) is 17.1 Å². The number of carbonyl (C=O) groups is 3. The molecule has 0 bridgehead atoms. The molecule has 0 aliphatic carbocycles. The van der Waals surface area contributed by atoms with Crippen molar-refractivity contribution in [2.24, 2.45) is 0 Å². The van der Waals surface area contributed by atoms with E-state index in [-0.39, 0.29) is 62.4 Å². The zero-order valence-electron chi connectivity index (χ0n) is 26.0. The van der Waals surface area contributed by atoms with E-state index in [2.05, 4.69) is 35.8 Å². The highest BCUT2D eigenvalue weighted by molar-refractivity contribution is 6.33. The number of rotatable bonds is 7. The van der Waals surface area contributed by atoms with Crippen molar-refractivity contribution >= 4 is 51.5 Å². The van der Waals surface area contributed by atoms with Gasteiger partial charge in [-0.25, -0.2) is 14.0 Å². The Bertz CT molecular complexity index is 1730. The third kappa shape index (κ3) is 7.33. The molecule has 3 amide bonds. The van der Waals surface area contributed by atoms with E-state index in [4.69, 9.17) is 21.1 Å². The van der Waals surface area contributed by atoms with Crippen molar-refractivity contribution in [3.63, 3.8) is 0 Å². The third-order valence-corrected chi connectivity index (χ3v) is 8.06. The van der Waals surface area contributed by atoms with Gasteiger partial charge in [-0.3, -0.25) is 4.79 Å². The van der Waals surface area contributed by atoms with Gasteiger partial charge < -0.3 is 28.7 Å². The molecule has 1 saturated heterocycles. The van der Waals surface area contributed by atoms with E-state index in [1.165, 1.54) is 17.0 Å². The van der Waals surface area contributed by atoms with Crippen LogP contribution >= 0.6 is 11.6 Å². The van der Waals surface area contributed by atoms with Crippen LogP contribution in [0.2, 0.25) is 5.02 Å². The van der Waals surface area contributed by atoms with E-state index < -0.39 is 23.6 Å². The minimum atomic E-state index is -0.695. The number of carbonyl (C=O) groups excluding carboxylic acids is 3. The normalized spacial score (nSPS) is 13.7. The molecule has 2 heterocycles. The molecular formula is C34H38ClFN4O5. The predicted octanol–water partition coefficient (Wildman–Crippen LogP) is 6.94. The van der Waals surface area contributed by atoms with Gasteiger partial charge in [0.1, 0.15) is 18.0 Å². The first kappa shape index (κ1) is 32.1. The maximum absolute atomic E-state index is 13.4. The van der Waals surface area contributed by atoms with Crippen LogP contribution in [0.15, 0.2) is 60.7 Å². The van der Waals surface area contributed by atoms with Crippen LogP contribution in [0.5, 0.6) is 0 Å².